The monoisotopic (exact) mass is 211 g/mol. The molecule has 0 aromatic heterocycles. The number of hydrogen-bond acceptors (Lipinski definition) is 3. The van der Waals surface area contributed by atoms with Crippen LogP contribution in [0.25, 0.3) is 0 Å². The molecule has 0 saturated carbocycles. The van der Waals surface area contributed by atoms with Gasteiger partial charge in [0.1, 0.15) is 5.75 Å². The van der Waals surface area contributed by atoms with Gasteiger partial charge in [0.2, 0.25) is 0 Å². The molecule has 3 nitrogen and oxygen atoms in total. The number of ether oxygens (including phenoxy) is 1. The van der Waals surface area contributed by atoms with Crippen molar-refractivity contribution in [3.05, 3.63) is 23.8 Å². The molecule has 0 spiro atoms. The van der Waals surface area contributed by atoms with Crippen molar-refractivity contribution in [2.24, 2.45) is 5.73 Å². The van der Waals surface area contributed by atoms with E-state index in [0.717, 1.165) is 11.3 Å². The van der Waals surface area contributed by atoms with Crippen molar-refractivity contribution >= 4 is 18.5 Å². The molecular formula is C10H13NO2S. The summed E-state index contributed by atoms with van der Waals surface area (Å²) in [5, 5.41) is 0. The van der Waals surface area contributed by atoms with Crippen LogP contribution < -0.4 is 10.5 Å². The molecule has 1 rings (SSSR count). The van der Waals surface area contributed by atoms with Crippen molar-refractivity contribution in [1.29, 1.82) is 0 Å². The van der Waals surface area contributed by atoms with Gasteiger partial charge in [0, 0.05) is 4.90 Å². The normalized spacial score (nSPS) is 9.86. The minimum absolute atomic E-state index is 0.112. The number of carbonyl (C=O) groups is 1. The molecule has 0 saturated heterocycles. The van der Waals surface area contributed by atoms with Gasteiger partial charge in [-0.05, 0) is 24.1 Å². The largest absolute Gasteiger partial charge is 0.483 e. The summed E-state index contributed by atoms with van der Waals surface area (Å²) in [6.07, 6.45) is 0.948. The molecule has 0 atom stereocenters. The van der Waals surface area contributed by atoms with E-state index in [1.807, 2.05) is 12.1 Å². The lowest BCUT2D eigenvalue weighted by Crippen LogP contribution is -2.20. The van der Waals surface area contributed by atoms with E-state index in [-0.39, 0.29) is 6.61 Å². The predicted octanol–water partition coefficient (Wildman–Crippen LogP) is 1.40. The summed E-state index contributed by atoms with van der Waals surface area (Å²) in [7, 11) is 0. The summed E-state index contributed by atoms with van der Waals surface area (Å²) in [4.78, 5) is 11.2. The fourth-order valence-electron chi connectivity index (χ4n) is 1.05. The number of rotatable bonds is 4. The van der Waals surface area contributed by atoms with Crippen molar-refractivity contribution in [3.63, 3.8) is 0 Å². The Morgan fingerprint density at radius 2 is 2.29 bits per heavy atom. The molecule has 14 heavy (non-hydrogen) atoms. The Labute approximate surface area is 88.7 Å². The third-order valence-electron chi connectivity index (χ3n) is 1.80. The van der Waals surface area contributed by atoms with Gasteiger partial charge in [-0.1, -0.05) is 13.0 Å². The highest BCUT2D eigenvalue weighted by Gasteiger charge is 2.02. The maximum Gasteiger partial charge on any atom is 0.255 e. The van der Waals surface area contributed by atoms with Crippen LogP contribution in [0.3, 0.4) is 0 Å². The van der Waals surface area contributed by atoms with Gasteiger partial charge < -0.3 is 10.5 Å². The van der Waals surface area contributed by atoms with Gasteiger partial charge in [-0.2, -0.15) is 0 Å². The van der Waals surface area contributed by atoms with Crippen LogP contribution in [0.5, 0.6) is 5.75 Å². The first kappa shape index (κ1) is 10.9. The van der Waals surface area contributed by atoms with Crippen LogP contribution in [-0.2, 0) is 11.2 Å². The van der Waals surface area contributed by atoms with Crippen LogP contribution in [0.4, 0.5) is 0 Å². The summed E-state index contributed by atoms with van der Waals surface area (Å²) >= 11 is 4.25. The minimum Gasteiger partial charge on any atom is -0.483 e. The van der Waals surface area contributed by atoms with Crippen molar-refractivity contribution in [1.82, 2.24) is 0 Å². The Bertz CT molecular complexity index is 339. The fourth-order valence-corrected chi connectivity index (χ4v) is 1.36. The Morgan fingerprint density at radius 3 is 2.79 bits per heavy atom. The van der Waals surface area contributed by atoms with Gasteiger partial charge >= 0.3 is 0 Å². The van der Waals surface area contributed by atoms with E-state index < -0.39 is 5.91 Å². The lowest BCUT2D eigenvalue weighted by atomic mass is 10.2. The average molecular weight is 211 g/mol. The van der Waals surface area contributed by atoms with E-state index in [0.29, 0.717) is 5.75 Å². The Kier molecular flexibility index (Phi) is 3.83. The van der Waals surface area contributed by atoms with Crippen LogP contribution >= 0.6 is 12.6 Å². The molecule has 0 heterocycles. The Balaban J connectivity index is 2.73. The third-order valence-corrected chi connectivity index (χ3v) is 2.15. The molecule has 1 aromatic rings. The van der Waals surface area contributed by atoms with E-state index in [9.17, 15) is 4.79 Å². The molecular weight excluding hydrogens is 198 g/mol. The second-order valence-electron chi connectivity index (χ2n) is 2.91. The summed E-state index contributed by atoms with van der Waals surface area (Å²) < 4.78 is 5.15. The van der Waals surface area contributed by atoms with Gasteiger partial charge in [-0.15, -0.1) is 12.6 Å². The number of benzene rings is 1. The first-order valence-corrected chi connectivity index (χ1v) is 4.81. The Morgan fingerprint density at radius 1 is 1.57 bits per heavy atom. The second kappa shape index (κ2) is 4.91. The van der Waals surface area contributed by atoms with E-state index in [1.165, 1.54) is 5.56 Å². The maximum atomic E-state index is 10.5. The third kappa shape index (κ3) is 2.96. The minimum atomic E-state index is -0.489. The number of primary amides is 1. The van der Waals surface area contributed by atoms with Crippen molar-refractivity contribution < 1.29 is 9.53 Å². The van der Waals surface area contributed by atoms with Crippen molar-refractivity contribution in [2.45, 2.75) is 18.2 Å². The number of nitrogens with two attached hydrogens (primary N) is 1. The zero-order valence-corrected chi connectivity index (χ0v) is 8.88. The number of amides is 1. The molecule has 0 aliphatic rings. The van der Waals surface area contributed by atoms with Crippen molar-refractivity contribution in [2.75, 3.05) is 6.61 Å². The van der Waals surface area contributed by atoms with E-state index in [2.05, 4.69) is 19.6 Å². The zero-order valence-electron chi connectivity index (χ0n) is 7.99. The standard InChI is InChI=1S/C10H13NO2S/c1-2-7-3-4-8(9(14)5-7)13-6-10(11)12/h3-5,14H,2,6H2,1H3,(H2,11,12). The highest BCUT2D eigenvalue weighted by Crippen LogP contribution is 2.23. The van der Waals surface area contributed by atoms with Gasteiger partial charge in [-0.25, -0.2) is 0 Å². The second-order valence-corrected chi connectivity index (χ2v) is 3.39. The SMILES string of the molecule is CCc1ccc(OCC(N)=O)c(S)c1. The van der Waals surface area contributed by atoms with Crippen LogP contribution in [0.1, 0.15) is 12.5 Å². The predicted molar refractivity (Wildman–Crippen MR) is 57.8 cm³/mol. The maximum absolute atomic E-state index is 10.5. The quantitative estimate of drug-likeness (QED) is 0.740. The molecule has 4 heteroatoms. The lowest BCUT2D eigenvalue weighted by Gasteiger charge is -2.07. The van der Waals surface area contributed by atoms with Crippen molar-refractivity contribution in [3.8, 4) is 5.75 Å². The highest BCUT2D eigenvalue weighted by atomic mass is 32.1. The molecule has 76 valence electrons. The molecule has 0 aliphatic heterocycles. The van der Waals surface area contributed by atoms with Gasteiger partial charge in [0.15, 0.2) is 6.61 Å². The Hall–Kier alpha value is -1.16. The van der Waals surface area contributed by atoms with E-state index in [1.54, 1.807) is 6.07 Å². The number of aryl methyl sites for hydroxylation is 1. The van der Waals surface area contributed by atoms with Gasteiger partial charge in [-0.3, -0.25) is 4.79 Å². The molecule has 0 bridgehead atoms. The van der Waals surface area contributed by atoms with E-state index >= 15 is 0 Å². The number of hydrogen-bond donors (Lipinski definition) is 2. The van der Waals surface area contributed by atoms with Crippen LogP contribution in [-0.4, -0.2) is 12.5 Å². The van der Waals surface area contributed by atoms with Crippen LogP contribution in [0.2, 0.25) is 0 Å². The summed E-state index contributed by atoms with van der Waals surface area (Å²) in [5.74, 6) is 0.0987. The smallest absolute Gasteiger partial charge is 0.255 e. The highest BCUT2D eigenvalue weighted by molar-refractivity contribution is 7.80. The summed E-state index contributed by atoms with van der Waals surface area (Å²) in [5.41, 5.74) is 6.14. The molecule has 0 aliphatic carbocycles. The molecule has 0 fully saturated rings. The molecule has 1 aromatic carbocycles. The average Bonchev–Trinajstić information content (AvgIpc) is 2.15. The topological polar surface area (TPSA) is 52.3 Å². The summed E-state index contributed by atoms with van der Waals surface area (Å²) in [6.45, 7) is 1.95. The molecule has 0 radical (unpaired) electrons. The molecule has 2 N–H and O–H groups in total. The zero-order chi connectivity index (χ0) is 10.6. The van der Waals surface area contributed by atoms with Crippen LogP contribution in [0.15, 0.2) is 23.1 Å². The number of thiol groups is 1. The fraction of sp³-hybridized carbons (Fsp3) is 0.300. The van der Waals surface area contributed by atoms with Gasteiger partial charge in [0.05, 0.1) is 0 Å². The first-order chi connectivity index (χ1) is 6.63. The van der Waals surface area contributed by atoms with E-state index in [4.69, 9.17) is 10.5 Å². The van der Waals surface area contributed by atoms with Crippen LogP contribution in [0, 0.1) is 0 Å². The number of carbonyl (C=O) groups excluding carboxylic acids is 1. The molecule has 0 unspecified atom stereocenters. The molecule has 1 amide bonds. The summed E-state index contributed by atoms with van der Waals surface area (Å²) in [6, 6.07) is 5.65. The lowest BCUT2D eigenvalue weighted by molar-refractivity contribution is -0.120. The van der Waals surface area contributed by atoms with Gasteiger partial charge in [0.25, 0.3) is 5.91 Å². The first-order valence-electron chi connectivity index (χ1n) is 4.36.